The maximum Gasteiger partial charge on any atom is 0.0701 e. The van der Waals surface area contributed by atoms with Gasteiger partial charge in [0, 0.05) is 13.2 Å². The summed E-state index contributed by atoms with van der Waals surface area (Å²) in [4.78, 5) is 0. The van der Waals surface area contributed by atoms with Gasteiger partial charge in [-0.2, -0.15) is 0 Å². The lowest BCUT2D eigenvalue weighted by molar-refractivity contribution is -0.0268. The Morgan fingerprint density at radius 3 is 0.897 bits per heavy atom. The first-order valence-electron chi connectivity index (χ1n) is 15.1. The molecule has 10 nitrogen and oxygen atoms in total. The standard InChI is InChI=1S/C29H60O10/c1-4-6-7-8-9-30-10-11-31-12-13-32-14-15-33-16-17-34-18-19-35-20-21-36-22-23-37-24-25-38-26-27-39-28-29(3)5-2/h29H,4-28H2,1-3H3. The summed E-state index contributed by atoms with van der Waals surface area (Å²) in [5.74, 6) is 0.603. The van der Waals surface area contributed by atoms with Gasteiger partial charge in [-0.15, -0.1) is 0 Å². The van der Waals surface area contributed by atoms with E-state index in [9.17, 15) is 0 Å². The molecule has 0 rings (SSSR count). The van der Waals surface area contributed by atoms with Crippen molar-refractivity contribution in [1.82, 2.24) is 0 Å². The van der Waals surface area contributed by atoms with Crippen LogP contribution < -0.4 is 0 Å². The van der Waals surface area contributed by atoms with E-state index < -0.39 is 0 Å². The Hall–Kier alpha value is -0.400. The molecule has 0 aliphatic rings. The predicted molar refractivity (Wildman–Crippen MR) is 152 cm³/mol. The lowest BCUT2D eigenvalue weighted by Gasteiger charge is -2.10. The van der Waals surface area contributed by atoms with E-state index in [1.54, 1.807) is 0 Å². The zero-order valence-corrected chi connectivity index (χ0v) is 25.3. The molecule has 0 N–H and O–H groups in total. The highest BCUT2D eigenvalue weighted by Gasteiger charge is 1.98. The second-order valence-electron chi connectivity index (χ2n) is 9.16. The Morgan fingerprint density at radius 2 is 0.615 bits per heavy atom. The Morgan fingerprint density at radius 1 is 0.333 bits per heavy atom. The van der Waals surface area contributed by atoms with Crippen LogP contribution in [0.1, 0.15) is 52.9 Å². The van der Waals surface area contributed by atoms with Gasteiger partial charge in [0.1, 0.15) is 0 Å². The first-order valence-corrected chi connectivity index (χ1v) is 15.1. The molecule has 0 heterocycles. The minimum Gasteiger partial charge on any atom is -0.379 e. The monoisotopic (exact) mass is 568 g/mol. The third kappa shape index (κ3) is 35.6. The van der Waals surface area contributed by atoms with Crippen molar-refractivity contribution >= 4 is 0 Å². The van der Waals surface area contributed by atoms with Crippen LogP contribution in [0.5, 0.6) is 0 Å². The molecule has 0 saturated carbocycles. The molecule has 0 amide bonds. The Kier molecular flexibility index (Phi) is 35.3. The number of hydrogen-bond acceptors (Lipinski definition) is 10. The van der Waals surface area contributed by atoms with Crippen molar-refractivity contribution in [2.75, 3.05) is 132 Å². The average Bonchev–Trinajstić information content (AvgIpc) is 2.95. The molecule has 0 aromatic rings. The lowest BCUT2D eigenvalue weighted by Crippen LogP contribution is -2.15. The zero-order valence-electron chi connectivity index (χ0n) is 25.3. The maximum absolute atomic E-state index is 5.53. The van der Waals surface area contributed by atoms with Crippen LogP contribution in [0, 0.1) is 5.92 Å². The summed E-state index contributed by atoms with van der Waals surface area (Å²) in [6.45, 7) is 18.3. The van der Waals surface area contributed by atoms with E-state index in [1.165, 1.54) is 19.3 Å². The number of ether oxygens (including phenoxy) is 10. The fraction of sp³-hybridized carbons (Fsp3) is 1.00. The molecule has 1 atom stereocenters. The smallest absolute Gasteiger partial charge is 0.0701 e. The summed E-state index contributed by atoms with van der Waals surface area (Å²) in [6.07, 6.45) is 6.05. The molecule has 0 aliphatic carbocycles. The van der Waals surface area contributed by atoms with Crippen molar-refractivity contribution in [1.29, 1.82) is 0 Å². The average molecular weight is 569 g/mol. The van der Waals surface area contributed by atoms with Gasteiger partial charge in [0.15, 0.2) is 0 Å². The van der Waals surface area contributed by atoms with Crippen LogP contribution in [0.2, 0.25) is 0 Å². The van der Waals surface area contributed by atoms with Crippen LogP contribution in [0.15, 0.2) is 0 Å². The molecule has 39 heavy (non-hydrogen) atoms. The van der Waals surface area contributed by atoms with Crippen molar-refractivity contribution in [2.45, 2.75) is 52.9 Å². The van der Waals surface area contributed by atoms with E-state index in [4.69, 9.17) is 47.4 Å². The van der Waals surface area contributed by atoms with E-state index >= 15 is 0 Å². The van der Waals surface area contributed by atoms with Crippen molar-refractivity contribution in [3.8, 4) is 0 Å². The third-order valence-corrected chi connectivity index (χ3v) is 5.59. The van der Waals surface area contributed by atoms with Crippen LogP contribution in [-0.4, -0.2) is 132 Å². The Bertz CT molecular complexity index is 431. The molecule has 1 unspecified atom stereocenters. The fourth-order valence-corrected chi connectivity index (χ4v) is 3.01. The summed E-state index contributed by atoms with van der Waals surface area (Å²) < 4.78 is 54.8. The highest BCUT2D eigenvalue weighted by Crippen LogP contribution is 2.00. The molecule has 0 bridgehead atoms. The van der Waals surface area contributed by atoms with Gasteiger partial charge in [0.2, 0.25) is 0 Å². The second kappa shape index (κ2) is 35.6. The lowest BCUT2D eigenvalue weighted by atomic mass is 10.1. The van der Waals surface area contributed by atoms with Crippen LogP contribution in [-0.2, 0) is 47.4 Å². The number of unbranched alkanes of at least 4 members (excludes halogenated alkanes) is 3. The molecule has 236 valence electrons. The Balaban J connectivity index is 3.03. The SMILES string of the molecule is CCCCCCOCCOCCOCCOCCOCCOCCOCCOCCOCCOCC(C)CC. The van der Waals surface area contributed by atoms with Crippen molar-refractivity contribution in [3.05, 3.63) is 0 Å². The van der Waals surface area contributed by atoms with E-state index in [2.05, 4.69) is 20.8 Å². The van der Waals surface area contributed by atoms with E-state index in [1.807, 2.05) is 0 Å². The quantitative estimate of drug-likeness (QED) is 0.105. The van der Waals surface area contributed by atoms with Crippen LogP contribution in [0.25, 0.3) is 0 Å². The van der Waals surface area contributed by atoms with E-state index in [-0.39, 0.29) is 0 Å². The summed E-state index contributed by atoms with van der Waals surface area (Å²) >= 11 is 0. The van der Waals surface area contributed by atoms with Crippen LogP contribution in [0.3, 0.4) is 0 Å². The first-order chi connectivity index (χ1) is 19.3. The summed E-state index contributed by atoms with van der Waals surface area (Å²) in [5, 5.41) is 0. The minimum atomic E-state index is 0.533. The molecule has 0 radical (unpaired) electrons. The van der Waals surface area contributed by atoms with Crippen molar-refractivity contribution in [3.63, 3.8) is 0 Å². The van der Waals surface area contributed by atoms with Gasteiger partial charge < -0.3 is 47.4 Å². The minimum absolute atomic E-state index is 0.533. The van der Waals surface area contributed by atoms with Gasteiger partial charge in [-0.3, -0.25) is 0 Å². The van der Waals surface area contributed by atoms with Gasteiger partial charge in [-0.25, -0.2) is 0 Å². The molecule has 10 heteroatoms. The number of hydrogen-bond donors (Lipinski definition) is 0. The third-order valence-electron chi connectivity index (χ3n) is 5.59. The molecule has 0 spiro atoms. The van der Waals surface area contributed by atoms with Gasteiger partial charge >= 0.3 is 0 Å². The molecule has 0 aromatic carbocycles. The molecule has 0 saturated heterocycles. The normalized spacial score (nSPS) is 12.4. The second-order valence-corrected chi connectivity index (χ2v) is 9.16. The summed E-state index contributed by atoms with van der Waals surface area (Å²) in [6, 6.07) is 0. The number of rotatable bonds is 35. The van der Waals surface area contributed by atoms with Crippen LogP contribution in [0.4, 0.5) is 0 Å². The Labute approximate surface area is 238 Å². The van der Waals surface area contributed by atoms with Gasteiger partial charge in [-0.05, 0) is 12.3 Å². The molecular weight excluding hydrogens is 508 g/mol. The zero-order chi connectivity index (χ0) is 28.3. The molecule has 0 fully saturated rings. The molecule has 0 aromatic heterocycles. The summed E-state index contributed by atoms with van der Waals surface area (Å²) in [7, 11) is 0. The maximum atomic E-state index is 5.53. The van der Waals surface area contributed by atoms with Gasteiger partial charge in [-0.1, -0.05) is 46.5 Å². The summed E-state index contributed by atoms with van der Waals surface area (Å²) in [5.41, 5.74) is 0. The van der Waals surface area contributed by atoms with Crippen LogP contribution >= 0.6 is 0 Å². The largest absolute Gasteiger partial charge is 0.379 e. The topological polar surface area (TPSA) is 92.3 Å². The first kappa shape index (κ1) is 38.6. The highest BCUT2D eigenvalue weighted by molar-refractivity contribution is 4.46. The molecular formula is C29H60O10. The molecule has 0 aliphatic heterocycles. The van der Waals surface area contributed by atoms with Gasteiger partial charge in [0.05, 0.1) is 119 Å². The van der Waals surface area contributed by atoms with Crippen molar-refractivity contribution in [2.24, 2.45) is 5.92 Å². The fourth-order valence-electron chi connectivity index (χ4n) is 3.01. The van der Waals surface area contributed by atoms with E-state index in [0.29, 0.717) is 125 Å². The predicted octanol–water partition coefficient (Wildman–Crippen LogP) is 3.78. The van der Waals surface area contributed by atoms with Crippen molar-refractivity contribution < 1.29 is 47.4 Å². The van der Waals surface area contributed by atoms with Gasteiger partial charge in [0.25, 0.3) is 0 Å². The highest BCUT2D eigenvalue weighted by atomic mass is 16.6. The van der Waals surface area contributed by atoms with E-state index in [0.717, 1.165) is 26.1 Å².